The predicted molar refractivity (Wildman–Crippen MR) is 84.9 cm³/mol. The number of hydrogen-bond donors (Lipinski definition) is 0. The molecule has 1 saturated heterocycles. The molecule has 2 heterocycles. The van der Waals surface area contributed by atoms with Crippen molar-refractivity contribution >= 4 is 21.6 Å². The summed E-state index contributed by atoms with van der Waals surface area (Å²) < 4.78 is 1.22. The van der Waals surface area contributed by atoms with Gasteiger partial charge in [0.25, 0.3) is 0 Å². The number of rotatable bonds is 1. The zero-order valence-electron chi connectivity index (χ0n) is 11.7. The van der Waals surface area contributed by atoms with Gasteiger partial charge in [0.2, 0.25) is 0 Å². The molecule has 19 heavy (non-hydrogen) atoms. The van der Waals surface area contributed by atoms with Crippen LogP contribution < -0.4 is 4.90 Å². The summed E-state index contributed by atoms with van der Waals surface area (Å²) in [6.45, 7) is 3.73. The van der Waals surface area contributed by atoms with Gasteiger partial charge in [-0.2, -0.15) is 0 Å². The van der Waals surface area contributed by atoms with Crippen molar-refractivity contribution in [1.29, 1.82) is 0 Å². The molecule has 0 amide bonds. The minimum Gasteiger partial charge on any atom is -0.368 e. The Bertz CT molecular complexity index is 438. The molecule has 2 aliphatic rings. The molecule has 0 unspecified atom stereocenters. The first-order valence-corrected chi connectivity index (χ1v) is 8.27. The first kappa shape index (κ1) is 13.4. The molecule has 0 aliphatic carbocycles. The Morgan fingerprint density at radius 1 is 1.11 bits per heavy atom. The molecule has 0 atom stereocenters. The molecule has 0 spiro atoms. The summed E-state index contributed by atoms with van der Waals surface area (Å²) in [5, 5.41) is 0. The zero-order valence-corrected chi connectivity index (χ0v) is 13.3. The van der Waals surface area contributed by atoms with Crippen molar-refractivity contribution in [3.8, 4) is 0 Å². The maximum atomic E-state index is 3.61. The van der Waals surface area contributed by atoms with Gasteiger partial charge in [0.15, 0.2) is 0 Å². The number of nitrogens with zero attached hydrogens (tertiary/aromatic N) is 2. The Balaban J connectivity index is 1.85. The van der Waals surface area contributed by atoms with E-state index < -0.39 is 0 Å². The third kappa shape index (κ3) is 2.97. The standard InChI is InChI=1S/C16H23BrN2/c1-18-10-7-15(8-11-18)19-9-3-2-4-13-12-14(17)5-6-16(13)19/h5-6,12,15H,2-4,7-11H2,1H3. The first-order valence-electron chi connectivity index (χ1n) is 7.47. The zero-order chi connectivity index (χ0) is 13.2. The minimum absolute atomic E-state index is 0.745. The fourth-order valence-corrected chi connectivity index (χ4v) is 3.85. The van der Waals surface area contributed by atoms with E-state index in [2.05, 4.69) is 51.0 Å². The van der Waals surface area contributed by atoms with Crippen molar-refractivity contribution in [2.45, 2.75) is 38.1 Å². The molecule has 2 nitrogen and oxygen atoms in total. The number of benzene rings is 1. The maximum absolute atomic E-state index is 3.61. The first-order chi connectivity index (χ1) is 9.24. The van der Waals surface area contributed by atoms with E-state index in [1.54, 1.807) is 0 Å². The highest BCUT2D eigenvalue weighted by Crippen LogP contribution is 2.32. The summed E-state index contributed by atoms with van der Waals surface area (Å²) in [7, 11) is 2.24. The predicted octanol–water partition coefficient (Wildman–Crippen LogP) is 3.69. The van der Waals surface area contributed by atoms with Gasteiger partial charge in [0, 0.05) is 22.7 Å². The van der Waals surface area contributed by atoms with E-state index in [9.17, 15) is 0 Å². The number of halogens is 1. The molecule has 0 bridgehead atoms. The van der Waals surface area contributed by atoms with E-state index in [4.69, 9.17) is 0 Å². The third-order valence-corrected chi connectivity index (χ3v) is 5.07. The number of aryl methyl sites for hydroxylation is 1. The SMILES string of the molecule is CN1CCC(N2CCCCc3cc(Br)ccc32)CC1. The van der Waals surface area contributed by atoms with Crippen LogP contribution >= 0.6 is 15.9 Å². The van der Waals surface area contributed by atoms with Crippen LogP contribution in [0.25, 0.3) is 0 Å². The lowest BCUT2D eigenvalue weighted by molar-refractivity contribution is 0.249. The van der Waals surface area contributed by atoms with Crippen LogP contribution in [0.5, 0.6) is 0 Å². The van der Waals surface area contributed by atoms with Crippen LogP contribution in [0, 0.1) is 0 Å². The van der Waals surface area contributed by atoms with Gasteiger partial charge in [0.05, 0.1) is 0 Å². The smallest absolute Gasteiger partial charge is 0.0402 e. The van der Waals surface area contributed by atoms with Gasteiger partial charge >= 0.3 is 0 Å². The number of piperidine rings is 1. The van der Waals surface area contributed by atoms with Crippen molar-refractivity contribution in [2.24, 2.45) is 0 Å². The second-order valence-corrected chi connectivity index (χ2v) is 6.87. The summed E-state index contributed by atoms with van der Waals surface area (Å²) in [6, 6.07) is 7.59. The quantitative estimate of drug-likeness (QED) is 0.778. The molecule has 0 saturated carbocycles. The summed E-state index contributed by atoms with van der Waals surface area (Å²) in [6.07, 6.45) is 6.51. The van der Waals surface area contributed by atoms with E-state index in [-0.39, 0.29) is 0 Å². The Morgan fingerprint density at radius 3 is 2.68 bits per heavy atom. The maximum Gasteiger partial charge on any atom is 0.0402 e. The van der Waals surface area contributed by atoms with Crippen LogP contribution in [-0.2, 0) is 6.42 Å². The largest absolute Gasteiger partial charge is 0.368 e. The van der Waals surface area contributed by atoms with Crippen LogP contribution in [0.15, 0.2) is 22.7 Å². The Labute approximate surface area is 124 Å². The Hall–Kier alpha value is -0.540. The molecule has 3 rings (SSSR count). The lowest BCUT2D eigenvalue weighted by atomic mass is 10.0. The topological polar surface area (TPSA) is 6.48 Å². The number of likely N-dealkylation sites (tertiary alicyclic amines) is 1. The number of anilines is 1. The second kappa shape index (κ2) is 5.84. The Morgan fingerprint density at radius 2 is 1.89 bits per heavy atom. The second-order valence-electron chi connectivity index (χ2n) is 5.96. The lowest BCUT2D eigenvalue weighted by Crippen LogP contribution is -2.44. The van der Waals surface area contributed by atoms with E-state index in [1.165, 1.54) is 67.5 Å². The Kier molecular flexibility index (Phi) is 4.13. The van der Waals surface area contributed by atoms with E-state index >= 15 is 0 Å². The number of hydrogen-bond acceptors (Lipinski definition) is 2. The highest BCUT2D eigenvalue weighted by atomic mass is 79.9. The normalized spacial score (nSPS) is 22.1. The van der Waals surface area contributed by atoms with Crippen LogP contribution in [-0.4, -0.2) is 37.6 Å². The molecular weight excluding hydrogens is 300 g/mol. The summed E-state index contributed by atoms with van der Waals surface area (Å²) in [5.74, 6) is 0. The van der Waals surface area contributed by atoms with E-state index in [1.807, 2.05) is 0 Å². The van der Waals surface area contributed by atoms with Crippen LogP contribution in [0.1, 0.15) is 31.2 Å². The van der Waals surface area contributed by atoms with Crippen LogP contribution in [0.2, 0.25) is 0 Å². The number of fused-ring (bicyclic) bond motifs is 1. The molecule has 3 heteroatoms. The van der Waals surface area contributed by atoms with Gasteiger partial charge in [-0.15, -0.1) is 0 Å². The average Bonchev–Trinajstić information content (AvgIpc) is 2.61. The highest BCUT2D eigenvalue weighted by Gasteiger charge is 2.25. The molecule has 1 fully saturated rings. The van der Waals surface area contributed by atoms with Crippen molar-refractivity contribution in [2.75, 3.05) is 31.6 Å². The molecule has 1 aromatic rings. The van der Waals surface area contributed by atoms with Gasteiger partial charge in [-0.05, 0) is 76.0 Å². The van der Waals surface area contributed by atoms with Crippen molar-refractivity contribution in [3.05, 3.63) is 28.2 Å². The fraction of sp³-hybridized carbons (Fsp3) is 0.625. The van der Waals surface area contributed by atoms with Gasteiger partial charge in [-0.3, -0.25) is 0 Å². The molecule has 2 aliphatic heterocycles. The van der Waals surface area contributed by atoms with Gasteiger partial charge in [-0.1, -0.05) is 15.9 Å². The van der Waals surface area contributed by atoms with Crippen LogP contribution in [0.4, 0.5) is 5.69 Å². The van der Waals surface area contributed by atoms with Crippen LogP contribution in [0.3, 0.4) is 0 Å². The minimum atomic E-state index is 0.745. The lowest BCUT2D eigenvalue weighted by Gasteiger charge is -2.39. The third-order valence-electron chi connectivity index (χ3n) is 4.57. The summed E-state index contributed by atoms with van der Waals surface area (Å²) in [5.41, 5.74) is 3.03. The van der Waals surface area contributed by atoms with Gasteiger partial charge in [0.1, 0.15) is 0 Å². The molecule has 104 valence electrons. The van der Waals surface area contributed by atoms with Crippen molar-refractivity contribution in [3.63, 3.8) is 0 Å². The van der Waals surface area contributed by atoms with Crippen molar-refractivity contribution in [1.82, 2.24) is 4.90 Å². The van der Waals surface area contributed by atoms with Crippen molar-refractivity contribution < 1.29 is 0 Å². The van der Waals surface area contributed by atoms with Gasteiger partial charge < -0.3 is 9.80 Å². The monoisotopic (exact) mass is 322 g/mol. The fourth-order valence-electron chi connectivity index (χ4n) is 3.44. The molecule has 0 aromatic heterocycles. The molecule has 0 radical (unpaired) electrons. The van der Waals surface area contributed by atoms with Gasteiger partial charge in [-0.25, -0.2) is 0 Å². The molecule has 0 N–H and O–H groups in total. The highest BCUT2D eigenvalue weighted by molar-refractivity contribution is 9.10. The molecular formula is C16H23BrN2. The molecule has 1 aromatic carbocycles. The average molecular weight is 323 g/mol. The summed E-state index contributed by atoms with van der Waals surface area (Å²) >= 11 is 3.61. The summed E-state index contributed by atoms with van der Waals surface area (Å²) in [4.78, 5) is 5.15. The van der Waals surface area contributed by atoms with E-state index in [0.717, 1.165) is 6.04 Å². The van der Waals surface area contributed by atoms with E-state index in [0.29, 0.717) is 0 Å².